The highest BCUT2D eigenvalue weighted by molar-refractivity contribution is 6.31. The fraction of sp³-hybridized carbons (Fsp3) is 0.368. The number of amides is 1. The Kier molecular flexibility index (Phi) is 4.90. The van der Waals surface area contributed by atoms with Gasteiger partial charge in [0.1, 0.15) is 0 Å². The van der Waals surface area contributed by atoms with E-state index in [9.17, 15) is 9.59 Å². The number of aryl methyl sites for hydroxylation is 2. The molecule has 0 fully saturated rings. The molecule has 4 nitrogen and oxygen atoms in total. The number of hydrogen-bond acceptors (Lipinski definition) is 2. The van der Waals surface area contributed by atoms with E-state index < -0.39 is 5.91 Å². The molecule has 0 aliphatic rings. The van der Waals surface area contributed by atoms with E-state index in [1.165, 1.54) is 6.07 Å². The van der Waals surface area contributed by atoms with Crippen LogP contribution in [0.5, 0.6) is 0 Å². The SMILES string of the molecule is Cc1cc(C(C)(C)C)c(Cl)cc1-c1cc(=O)c(CC(N)=O)c(C)[nH]1. The molecule has 2 rings (SSSR count). The second kappa shape index (κ2) is 6.44. The van der Waals surface area contributed by atoms with Gasteiger partial charge in [0, 0.05) is 33.6 Å². The van der Waals surface area contributed by atoms with Crippen LogP contribution >= 0.6 is 11.6 Å². The monoisotopic (exact) mass is 346 g/mol. The zero-order valence-corrected chi connectivity index (χ0v) is 15.5. The normalized spacial score (nSPS) is 11.6. The van der Waals surface area contributed by atoms with Crippen molar-refractivity contribution in [1.29, 1.82) is 0 Å². The molecule has 0 radical (unpaired) electrons. The van der Waals surface area contributed by atoms with Gasteiger partial charge in [0.2, 0.25) is 5.91 Å². The number of nitrogens with one attached hydrogen (secondary N) is 1. The first kappa shape index (κ1) is 18.3. The number of H-pyrrole nitrogens is 1. The Bertz CT molecular complexity index is 861. The maximum absolute atomic E-state index is 12.3. The average Bonchev–Trinajstić information content (AvgIpc) is 2.43. The zero-order chi connectivity index (χ0) is 18.2. The quantitative estimate of drug-likeness (QED) is 0.890. The predicted molar refractivity (Wildman–Crippen MR) is 98.6 cm³/mol. The number of pyridine rings is 1. The summed E-state index contributed by atoms with van der Waals surface area (Å²) in [7, 11) is 0. The molecular formula is C19H23ClN2O2. The number of aromatic nitrogens is 1. The molecule has 3 N–H and O–H groups in total. The molecular weight excluding hydrogens is 324 g/mol. The molecule has 0 unspecified atom stereocenters. The molecule has 1 aromatic heterocycles. The molecule has 24 heavy (non-hydrogen) atoms. The summed E-state index contributed by atoms with van der Waals surface area (Å²) in [5.74, 6) is -0.523. The maximum atomic E-state index is 12.3. The Morgan fingerprint density at radius 3 is 2.33 bits per heavy atom. The smallest absolute Gasteiger partial charge is 0.222 e. The summed E-state index contributed by atoms with van der Waals surface area (Å²) in [6.45, 7) is 10.1. The van der Waals surface area contributed by atoms with Crippen molar-refractivity contribution in [2.24, 2.45) is 5.73 Å². The molecule has 2 aromatic rings. The van der Waals surface area contributed by atoms with Crippen LogP contribution in [0.3, 0.4) is 0 Å². The Morgan fingerprint density at radius 2 is 1.83 bits per heavy atom. The van der Waals surface area contributed by atoms with Crippen LogP contribution < -0.4 is 11.2 Å². The number of aromatic amines is 1. The van der Waals surface area contributed by atoms with Gasteiger partial charge in [-0.25, -0.2) is 0 Å². The van der Waals surface area contributed by atoms with E-state index in [2.05, 4.69) is 31.8 Å². The highest BCUT2D eigenvalue weighted by Gasteiger charge is 2.20. The minimum Gasteiger partial charge on any atom is -0.369 e. The van der Waals surface area contributed by atoms with Gasteiger partial charge in [-0.3, -0.25) is 9.59 Å². The summed E-state index contributed by atoms with van der Waals surface area (Å²) < 4.78 is 0. The van der Waals surface area contributed by atoms with Gasteiger partial charge in [0.05, 0.1) is 6.42 Å². The first-order valence-electron chi connectivity index (χ1n) is 7.83. The maximum Gasteiger partial charge on any atom is 0.222 e. The van der Waals surface area contributed by atoms with Crippen LogP contribution in [-0.4, -0.2) is 10.9 Å². The van der Waals surface area contributed by atoms with Gasteiger partial charge in [-0.2, -0.15) is 0 Å². The molecule has 0 atom stereocenters. The molecule has 128 valence electrons. The number of halogens is 1. The van der Waals surface area contributed by atoms with Gasteiger partial charge >= 0.3 is 0 Å². The summed E-state index contributed by atoms with van der Waals surface area (Å²) in [5.41, 5.74) is 9.65. The number of hydrogen-bond donors (Lipinski definition) is 2. The van der Waals surface area contributed by atoms with Crippen LogP contribution in [0.2, 0.25) is 5.02 Å². The summed E-state index contributed by atoms with van der Waals surface area (Å²) in [6.07, 6.45) is -0.0653. The topological polar surface area (TPSA) is 76.0 Å². The minimum absolute atomic E-state index is 0.0605. The molecule has 0 aliphatic carbocycles. The third-order valence-corrected chi connectivity index (χ3v) is 4.42. The summed E-state index contributed by atoms with van der Waals surface area (Å²) in [4.78, 5) is 26.6. The van der Waals surface area contributed by atoms with Crippen LogP contribution in [0.4, 0.5) is 0 Å². The van der Waals surface area contributed by atoms with Crippen molar-refractivity contribution in [3.8, 4) is 11.3 Å². The van der Waals surface area contributed by atoms with Crippen LogP contribution in [-0.2, 0) is 16.6 Å². The van der Waals surface area contributed by atoms with Gasteiger partial charge in [0.15, 0.2) is 5.43 Å². The number of primary amides is 1. The highest BCUT2D eigenvalue weighted by Crippen LogP contribution is 2.34. The lowest BCUT2D eigenvalue weighted by Crippen LogP contribution is -2.21. The third-order valence-electron chi connectivity index (χ3n) is 4.11. The van der Waals surface area contributed by atoms with Gasteiger partial charge in [-0.1, -0.05) is 38.4 Å². The van der Waals surface area contributed by atoms with E-state index in [4.69, 9.17) is 17.3 Å². The Balaban J connectivity index is 2.60. The van der Waals surface area contributed by atoms with E-state index in [1.807, 2.05) is 13.0 Å². The van der Waals surface area contributed by atoms with E-state index >= 15 is 0 Å². The molecule has 5 heteroatoms. The molecule has 1 heterocycles. The second-order valence-corrected chi connectivity index (χ2v) is 7.60. The average molecular weight is 347 g/mol. The van der Waals surface area contributed by atoms with Crippen LogP contribution in [0.25, 0.3) is 11.3 Å². The van der Waals surface area contributed by atoms with E-state index in [-0.39, 0.29) is 17.3 Å². The van der Waals surface area contributed by atoms with Crippen LogP contribution in [0, 0.1) is 13.8 Å². The van der Waals surface area contributed by atoms with Crippen molar-refractivity contribution < 1.29 is 4.79 Å². The van der Waals surface area contributed by atoms with Crippen molar-refractivity contribution in [3.63, 3.8) is 0 Å². The molecule has 0 saturated heterocycles. The lowest BCUT2D eigenvalue weighted by atomic mass is 9.85. The summed E-state index contributed by atoms with van der Waals surface area (Å²) in [5, 5.41) is 0.669. The lowest BCUT2D eigenvalue weighted by Gasteiger charge is -2.22. The third kappa shape index (κ3) is 3.70. The van der Waals surface area contributed by atoms with Crippen LogP contribution in [0.1, 0.15) is 43.2 Å². The van der Waals surface area contributed by atoms with Gasteiger partial charge < -0.3 is 10.7 Å². The number of carbonyl (C=O) groups excluding carboxylic acids is 1. The van der Waals surface area contributed by atoms with Gasteiger partial charge in [0.25, 0.3) is 0 Å². The second-order valence-electron chi connectivity index (χ2n) is 7.19. The Morgan fingerprint density at radius 1 is 1.21 bits per heavy atom. The molecule has 1 amide bonds. The number of benzene rings is 1. The zero-order valence-electron chi connectivity index (χ0n) is 14.7. The largest absolute Gasteiger partial charge is 0.369 e. The standard InChI is InChI=1S/C19H23ClN2O2/c1-10-6-14(19(3,4)5)15(20)7-12(10)16-9-17(23)13(8-18(21)24)11(2)22-16/h6-7,9H,8H2,1-5H3,(H2,21,24)(H,22,23). The van der Waals surface area contributed by atoms with Crippen LogP contribution in [0.15, 0.2) is 23.0 Å². The molecule has 0 aliphatic heterocycles. The Labute approximate surface area is 147 Å². The fourth-order valence-electron chi connectivity index (χ4n) is 2.80. The lowest BCUT2D eigenvalue weighted by molar-refractivity contribution is -0.117. The van der Waals surface area contributed by atoms with Gasteiger partial charge in [-0.15, -0.1) is 0 Å². The highest BCUT2D eigenvalue weighted by atomic mass is 35.5. The fourth-order valence-corrected chi connectivity index (χ4v) is 3.25. The van der Waals surface area contributed by atoms with Crippen molar-refractivity contribution in [2.75, 3.05) is 0 Å². The molecule has 0 saturated carbocycles. The number of rotatable bonds is 3. The Hall–Kier alpha value is -2.07. The van der Waals surface area contributed by atoms with Crippen molar-refractivity contribution in [1.82, 2.24) is 4.98 Å². The van der Waals surface area contributed by atoms with Gasteiger partial charge in [-0.05, 0) is 36.5 Å². The summed E-state index contributed by atoms with van der Waals surface area (Å²) >= 11 is 6.46. The van der Waals surface area contributed by atoms with Crippen molar-refractivity contribution >= 4 is 17.5 Å². The van der Waals surface area contributed by atoms with Crippen molar-refractivity contribution in [2.45, 2.75) is 46.5 Å². The number of carbonyl (C=O) groups is 1. The van der Waals surface area contributed by atoms with E-state index in [0.717, 1.165) is 16.7 Å². The first-order valence-corrected chi connectivity index (χ1v) is 8.20. The van der Waals surface area contributed by atoms with Crippen molar-refractivity contribution in [3.05, 3.63) is 55.8 Å². The molecule has 0 bridgehead atoms. The first-order chi connectivity index (χ1) is 11.0. The number of nitrogens with two attached hydrogens (primary N) is 1. The summed E-state index contributed by atoms with van der Waals surface area (Å²) in [6, 6.07) is 5.44. The molecule has 0 spiro atoms. The minimum atomic E-state index is -0.523. The van der Waals surface area contributed by atoms with E-state index in [0.29, 0.717) is 22.0 Å². The molecule has 1 aromatic carbocycles. The van der Waals surface area contributed by atoms with E-state index in [1.54, 1.807) is 6.92 Å². The predicted octanol–water partition coefficient (Wildman–Crippen LogP) is 3.64.